The first-order valence-corrected chi connectivity index (χ1v) is 9.22. The molecule has 0 amide bonds. The molecule has 0 unspecified atom stereocenters. The lowest BCUT2D eigenvalue weighted by atomic mass is 9.87. The molecule has 0 aliphatic carbocycles. The Bertz CT molecular complexity index is 903. The smallest absolute Gasteiger partial charge is 0.263 e. The molecule has 4 nitrogen and oxygen atoms in total. The Hall–Kier alpha value is -2.03. The standard InChI is InChI=1S/C18H19ClN2O2S/c1-5-6-16-15(19)11-12-17(20-16)21-24(22,23)14-9-7-13(8-10-14)18(2,3)4/h7-12H,1-4H3,(H,20,21). The van der Waals surface area contributed by atoms with E-state index in [1.807, 2.05) is 12.1 Å². The summed E-state index contributed by atoms with van der Waals surface area (Å²) in [6.45, 7) is 7.87. The van der Waals surface area contributed by atoms with Gasteiger partial charge in [0.15, 0.2) is 0 Å². The molecular weight excluding hydrogens is 344 g/mol. The van der Waals surface area contributed by atoms with Crippen LogP contribution in [-0.4, -0.2) is 13.4 Å². The van der Waals surface area contributed by atoms with Crippen molar-refractivity contribution in [3.8, 4) is 11.8 Å². The number of aromatic nitrogens is 1. The number of rotatable bonds is 3. The van der Waals surface area contributed by atoms with E-state index >= 15 is 0 Å². The van der Waals surface area contributed by atoms with Crippen LogP contribution in [0.15, 0.2) is 41.3 Å². The van der Waals surface area contributed by atoms with E-state index in [4.69, 9.17) is 11.6 Å². The topological polar surface area (TPSA) is 59.1 Å². The first kappa shape index (κ1) is 18.3. The largest absolute Gasteiger partial charge is 0.263 e. The Morgan fingerprint density at radius 1 is 1.08 bits per heavy atom. The number of benzene rings is 1. The van der Waals surface area contributed by atoms with Gasteiger partial charge >= 0.3 is 0 Å². The molecule has 0 saturated heterocycles. The van der Waals surface area contributed by atoms with Gasteiger partial charge in [-0.3, -0.25) is 4.72 Å². The molecule has 1 aromatic carbocycles. The van der Waals surface area contributed by atoms with Crippen molar-refractivity contribution in [1.29, 1.82) is 0 Å². The third kappa shape index (κ3) is 4.28. The molecule has 0 radical (unpaired) electrons. The van der Waals surface area contributed by atoms with E-state index in [1.54, 1.807) is 25.1 Å². The molecule has 0 bridgehead atoms. The summed E-state index contributed by atoms with van der Waals surface area (Å²) in [7, 11) is -3.72. The lowest BCUT2D eigenvalue weighted by Gasteiger charge is -2.19. The van der Waals surface area contributed by atoms with Crippen molar-refractivity contribution >= 4 is 27.4 Å². The van der Waals surface area contributed by atoms with Gasteiger partial charge in [0.25, 0.3) is 10.0 Å². The Labute approximate surface area is 148 Å². The van der Waals surface area contributed by atoms with Crippen molar-refractivity contribution in [2.24, 2.45) is 0 Å². The van der Waals surface area contributed by atoms with Gasteiger partial charge in [-0.2, -0.15) is 0 Å². The van der Waals surface area contributed by atoms with Crippen LogP contribution in [0.5, 0.6) is 0 Å². The number of hydrogen-bond donors (Lipinski definition) is 1. The van der Waals surface area contributed by atoms with Gasteiger partial charge in [0.1, 0.15) is 11.5 Å². The zero-order valence-corrected chi connectivity index (χ0v) is 15.6. The van der Waals surface area contributed by atoms with E-state index in [0.717, 1.165) is 5.56 Å². The van der Waals surface area contributed by atoms with Gasteiger partial charge in [0.05, 0.1) is 9.92 Å². The van der Waals surface area contributed by atoms with Crippen LogP contribution < -0.4 is 4.72 Å². The highest BCUT2D eigenvalue weighted by Crippen LogP contribution is 2.24. The summed E-state index contributed by atoms with van der Waals surface area (Å²) in [5.41, 5.74) is 1.36. The normalized spacial score (nSPS) is 11.5. The maximum atomic E-state index is 12.5. The number of sulfonamides is 1. The van der Waals surface area contributed by atoms with Gasteiger partial charge in [-0.15, -0.1) is 0 Å². The van der Waals surface area contributed by atoms with Gasteiger partial charge in [-0.1, -0.05) is 50.4 Å². The summed E-state index contributed by atoms with van der Waals surface area (Å²) in [5, 5.41) is 0.377. The minimum Gasteiger partial charge on any atom is -0.263 e. The lowest BCUT2D eigenvalue weighted by molar-refractivity contribution is 0.587. The predicted molar refractivity (Wildman–Crippen MR) is 97.7 cm³/mol. The van der Waals surface area contributed by atoms with Crippen molar-refractivity contribution in [2.45, 2.75) is 38.0 Å². The van der Waals surface area contributed by atoms with Crippen LogP contribution in [0.3, 0.4) is 0 Å². The lowest BCUT2D eigenvalue weighted by Crippen LogP contribution is -2.15. The minimum atomic E-state index is -3.72. The van der Waals surface area contributed by atoms with E-state index in [1.165, 1.54) is 6.07 Å². The van der Waals surface area contributed by atoms with E-state index in [9.17, 15) is 8.42 Å². The van der Waals surface area contributed by atoms with Crippen LogP contribution in [0.2, 0.25) is 5.02 Å². The average Bonchev–Trinajstić information content (AvgIpc) is 2.50. The highest BCUT2D eigenvalue weighted by atomic mass is 35.5. The Balaban J connectivity index is 2.31. The monoisotopic (exact) mass is 362 g/mol. The fraction of sp³-hybridized carbons (Fsp3) is 0.278. The molecular formula is C18H19ClN2O2S. The van der Waals surface area contributed by atoms with E-state index in [-0.39, 0.29) is 16.1 Å². The van der Waals surface area contributed by atoms with E-state index in [2.05, 4.69) is 42.3 Å². The van der Waals surface area contributed by atoms with Crippen LogP contribution in [0.25, 0.3) is 0 Å². The number of nitrogens with one attached hydrogen (secondary N) is 1. The number of pyridine rings is 1. The molecule has 0 aliphatic rings. The SMILES string of the molecule is CC#Cc1nc(NS(=O)(=O)c2ccc(C(C)(C)C)cc2)ccc1Cl. The van der Waals surface area contributed by atoms with E-state index in [0.29, 0.717) is 10.7 Å². The van der Waals surface area contributed by atoms with Crippen molar-refractivity contribution in [1.82, 2.24) is 4.98 Å². The fourth-order valence-electron chi connectivity index (χ4n) is 2.04. The number of anilines is 1. The molecule has 0 spiro atoms. The molecule has 0 fully saturated rings. The summed E-state index contributed by atoms with van der Waals surface area (Å²) in [6, 6.07) is 9.88. The molecule has 1 heterocycles. The average molecular weight is 363 g/mol. The molecule has 2 rings (SSSR count). The minimum absolute atomic E-state index is 0.0405. The first-order chi connectivity index (χ1) is 11.1. The highest BCUT2D eigenvalue weighted by molar-refractivity contribution is 7.92. The zero-order chi connectivity index (χ0) is 18.0. The maximum Gasteiger partial charge on any atom is 0.263 e. The van der Waals surface area contributed by atoms with Crippen molar-refractivity contribution in [3.05, 3.63) is 52.7 Å². The van der Waals surface area contributed by atoms with Gasteiger partial charge in [-0.05, 0) is 48.1 Å². The summed E-state index contributed by atoms with van der Waals surface area (Å²) in [4.78, 5) is 4.31. The highest BCUT2D eigenvalue weighted by Gasteiger charge is 2.18. The molecule has 0 aliphatic heterocycles. The molecule has 0 saturated carbocycles. The summed E-state index contributed by atoms with van der Waals surface area (Å²) >= 11 is 5.98. The summed E-state index contributed by atoms with van der Waals surface area (Å²) in [5.74, 6) is 5.61. The maximum absolute atomic E-state index is 12.5. The molecule has 24 heavy (non-hydrogen) atoms. The molecule has 126 valence electrons. The summed E-state index contributed by atoms with van der Waals surface area (Å²) < 4.78 is 27.4. The van der Waals surface area contributed by atoms with Crippen LogP contribution in [0.1, 0.15) is 39.0 Å². The van der Waals surface area contributed by atoms with Crippen LogP contribution >= 0.6 is 11.6 Å². The molecule has 0 atom stereocenters. The zero-order valence-electron chi connectivity index (χ0n) is 14.0. The Kier molecular flexibility index (Phi) is 5.22. The Morgan fingerprint density at radius 3 is 2.25 bits per heavy atom. The molecule has 2 aromatic rings. The van der Waals surface area contributed by atoms with Gasteiger partial charge in [0.2, 0.25) is 0 Å². The second-order valence-electron chi connectivity index (χ2n) is 6.28. The number of nitrogens with zero attached hydrogens (tertiary/aromatic N) is 1. The number of halogens is 1. The molecule has 6 heteroatoms. The molecule has 1 N–H and O–H groups in total. The third-order valence-electron chi connectivity index (χ3n) is 3.36. The van der Waals surface area contributed by atoms with Gasteiger partial charge in [0, 0.05) is 0 Å². The van der Waals surface area contributed by atoms with Gasteiger partial charge < -0.3 is 0 Å². The Morgan fingerprint density at radius 2 is 1.71 bits per heavy atom. The van der Waals surface area contributed by atoms with Crippen molar-refractivity contribution < 1.29 is 8.42 Å². The third-order valence-corrected chi connectivity index (χ3v) is 5.03. The van der Waals surface area contributed by atoms with Crippen LogP contribution in [0, 0.1) is 11.8 Å². The number of hydrogen-bond acceptors (Lipinski definition) is 3. The van der Waals surface area contributed by atoms with Crippen molar-refractivity contribution in [3.63, 3.8) is 0 Å². The molecule has 1 aromatic heterocycles. The van der Waals surface area contributed by atoms with Crippen LogP contribution in [0.4, 0.5) is 5.82 Å². The predicted octanol–water partition coefficient (Wildman–Crippen LogP) is 4.20. The van der Waals surface area contributed by atoms with Crippen LogP contribution in [-0.2, 0) is 15.4 Å². The fourth-order valence-corrected chi connectivity index (χ4v) is 3.19. The van der Waals surface area contributed by atoms with Crippen molar-refractivity contribution in [2.75, 3.05) is 4.72 Å². The quantitative estimate of drug-likeness (QED) is 0.832. The first-order valence-electron chi connectivity index (χ1n) is 7.36. The second-order valence-corrected chi connectivity index (χ2v) is 8.37. The van der Waals surface area contributed by atoms with E-state index < -0.39 is 10.0 Å². The second kappa shape index (κ2) is 6.84. The summed E-state index contributed by atoms with van der Waals surface area (Å²) in [6.07, 6.45) is 0. The van der Waals surface area contributed by atoms with Gasteiger partial charge in [-0.25, -0.2) is 13.4 Å².